The minimum atomic E-state index is -0.126. The van der Waals surface area contributed by atoms with E-state index in [9.17, 15) is 4.79 Å². The van der Waals surface area contributed by atoms with Gasteiger partial charge in [0.15, 0.2) is 0 Å². The van der Waals surface area contributed by atoms with Crippen LogP contribution in [0.15, 0.2) is 0 Å². The standard InChI is InChI=1S/C16H28N2O/c1-3-12(4-2)11-18-14(13-7-5-6-8-13)17-16(9-10-16)15(18)19/h12-14,17H,3-11H2,1-2H3. The van der Waals surface area contributed by atoms with Crippen LogP contribution in [0.1, 0.15) is 65.2 Å². The van der Waals surface area contributed by atoms with Crippen LogP contribution in [0.3, 0.4) is 0 Å². The topological polar surface area (TPSA) is 32.3 Å². The van der Waals surface area contributed by atoms with Gasteiger partial charge in [0.25, 0.3) is 0 Å². The number of hydrogen-bond acceptors (Lipinski definition) is 2. The van der Waals surface area contributed by atoms with Gasteiger partial charge in [-0.25, -0.2) is 0 Å². The van der Waals surface area contributed by atoms with Gasteiger partial charge in [0.2, 0.25) is 5.91 Å². The van der Waals surface area contributed by atoms with E-state index in [-0.39, 0.29) is 5.54 Å². The van der Waals surface area contributed by atoms with Crippen LogP contribution < -0.4 is 5.32 Å². The number of carbonyl (C=O) groups excluding carboxylic acids is 1. The highest BCUT2D eigenvalue weighted by Gasteiger charge is 2.60. The molecule has 0 radical (unpaired) electrons. The van der Waals surface area contributed by atoms with Gasteiger partial charge in [-0.15, -0.1) is 0 Å². The molecule has 0 aromatic carbocycles. The predicted molar refractivity (Wildman–Crippen MR) is 76.6 cm³/mol. The van der Waals surface area contributed by atoms with Crippen LogP contribution in [0.2, 0.25) is 0 Å². The molecule has 3 fully saturated rings. The molecule has 3 nitrogen and oxygen atoms in total. The maximum absolute atomic E-state index is 12.7. The molecule has 1 spiro atoms. The zero-order chi connectivity index (χ0) is 13.5. The summed E-state index contributed by atoms with van der Waals surface area (Å²) in [4.78, 5) is 14.9. The summed E-state index contributed by atoms with van der Waals surface area (Å²) < 4.78 is 0. The first kappa shape index (κ1) is 13.4. The summed E-state index contributed by atoms with van der Waals surface area (Å²) in [5, 5.41) is 3.71. The Hall–Kier alpha value is -0.570. The lowest BCUT2D eigenvalue weighted by Crippen LogP contribution is -2.44. The van der Waals surface area contributed by atoms with E-state index < -0.39 is 0 Å². The number of rotatable bonds is 5. The summed E-state index contributed by atoms with van der Waals surface area (Å²) in [5.74, 6) is 1.79. The van der Waals surface area contributed by atoms with Crippen molar-refractivity contribution in [3.05, 3.63) is 0 Å². The smallest absolute Gasteiger partial charge is 0.244 e. The Morgan fingerprint density at radius 3 is 2.42 bits per heavy atom. The molecule has 2 aliphatic carbocycles. The van der Waals surface area contributed by atoms with Gasteiger partial charge in [0.05, 0.1) is 11.7 Å². The molecule has 1 N–H and O–H groups in total. The minimum Gasteiger partial charge on any atom is -0.325 e. The fourth-order valence-electron chi connectivity index (χ4n) is 3.97. The van der Waals surface area contributed by atoms with Crippen molar-refractivity contribution in [1.29, 1.82) is 0 Å². The average molecular weight is 264 g/mol. The fraction of sp³-hybridized carbons (Fsp3) is 0.938. The Morgan fingerprint density at radius 2 is 1.89 bits per heavy atom. The molecule has 0 bridgehead atoms. The molecule has 1 aliphatic heterocycles. The first-order chi connectivity index (χ1) is 9.20. The van der Waals surface area contributed by atoms with Crippen molar-refractivity contribution in [2.24, 2.45) is 11.8 Å². The third-order valence-electron chi connectivity index (χ3n) is 5.64. The minimum absolute atomic E-state index is 0.126. The molecule has 1 unspecified atom stereocenters. The molecular formula is C16H28N2O. The van der Waals surface area contributed by atoms with Gasteiger partial charge in [0.1, 0.15) is 0 Å². The summed E-state index contributed by atoms with van der Waals surface area (Å²) in [5.41, 5.74) is -0.126. The van der Waals surface area contributed by atoms with Crippen molar-refractivity contribution >= 4 is 5.91 Å². The Morgan fingerprint density at radius 1 is 1.26 bits per heavy atom. The van der Waals surface area contributed by atoms with E-state index in [0.717, 1.165) is 19.4 Å². The summed E-state index contributed by atoms with van der Waals surface area (Å²) in [7, 11) is 0. The van der Waals surface area contributed by atoms with Gasteiger partial charge in [-0.2, -0.15) is 0 Å². The molecule has 1 saturated heterocycles. The maximum Gasteiger partial charge on any atom is 0.244 e. The van der Waals surface area contributed by atoms with Crippen molar-refractivity contribution in [1.82, 2.24) is 10.2 Å². The van der Waals surface area contributed by atoms with Gasteiger partial charge in [-0.3, -0.25) is 10.1 Å². The molecular weight excluding hydrogens is 236 g/mol. The lowest BCUT2D eigenvalue weighted by molar-refractivity contribution is -0.132. The number of nitrogens with one attached hydrogen (secondary N) is 1. The van der Waals surface area contributed by atoms with Crippen molar-refractivity contribution in [2.75, 3.05) is 6.54 Å². The predicted octanol–water partition coefficient (Wildman–Crippen LogP) is 2.90. The van der Waals surface area contributed by atoms with Crippen LogP contribution in [0.5, 0.6) is 0 Å². The van der Waals surface area contributed by atoms with Gasteiger partial charge in [-0.1, -0.05) is 39.5 Å². The van der Waals surface area contributed by atoms with Crippen molar-refractivity contribution in [3.8, 4) is 0 Å². The molecule has 1 heterocycles. The van der Waals surface area contributed by atoms with E-state index in [1.54, 1.807) is 0 Å². The van der Waals surface area contributed by atoms with E-state index in [2.05, 4.69) is 24.1 Å². The highest BCUT2D eigenvalue weighted by Crippen LogP contribution is 2.45. The SMILES string of the molecule is CCC(CC)CN1C(=O)C2(CC2)NC1C1CCCC1. The van der Waals surface area contributed by atoms with Crippen LogP contribution in [-0.4, -0.2) is 29.1 Å². The van der Waals surface area contributed by atoms with Crippen molar-refractivity contribution in [3.63, 3.8) is 0 Å². The molecule has 3 heteroatoms. The van der Waals surface area contributed by atoms with Crippen LogP contribution in [-0.2, 0) is 4.79 Å². The van der Waals surface area contributed by atoms with Gasteiger partial charge in [0, 0.05) is 6.54 Å². The normalized spacial score (nSPS) is 29.9. The molecule has 3 rings (SSSR count). The molecule has 1 atom stereocenters. The third-order valence-corrected chi connectivity index (χ3v) is 5.64. The second-order valence-electron chi connectivity index (χ2n) is 6.86. The highest BCUT2D eigenvalue weighted by atomic mass is 16.2. The molecule has 2 saturated carbocycles. The molecule has 3 aliphatic rings. The van der Waals surface area contributed by atoms with Gasteiger partial charge in [-0.05, 0) is 37.5 Å². The van der Waals surface area contributed by atoms with Crippen molar-refractivity contribution < 1.29 is 4.79 Å². The van der Waals surface area contributed by atoms with E-state index in [0.29, 0.717) is 23.9 Å². The first-order valence-electron chi connectivity index (χ1n) is 8.29. The summed E-state index contributed by atoms with van der Waals surface area (Å²) in [6, 6.07) is 0. The Balaban J connectivity index is 1.74. The summed E-state index contributed by atoms with van der Waals surface area (Å²) in [6.07, 6.45) is 10.2. The number of amides is 1. The third kappa shape index (κ3) is 2.31. The zero-order valence-electron chi connectivity index (χ0n) is 12.5. The number of hydrogen-bond donors (Lipinski definition) is 1. The van der Waals surface area contributed by atoms with E-state index in [4.69, 9.17) is 0 Å². The maximum atomic E-state index is 12.7. The second kappa shape index (κ2) is 5.08. The molecule has 0 aromatic heterocycles. The van der Waals surface area contributed by atoms with E-state index >= 15 is 0 Å². The Bertz CT molecular complexity index is 341. The van der Waals surface area contributed by atoms with E-state index in [1.807, 2.05) is 0 Å². The van der Waals surface area contributed by atoms with Gasteiger partial charge >= 0.3 is 0 Å². The highest BCUT2D eigenvalue weighted by molar-refractivity contribution is 5.91. The molecule has 0 aromatic rings. The van der Waals surface area contributed by atoms with Crippen LogP contribution in [0.4, 0.5) is 0 Å². The fourth-order valence-corrected chi connectivity index (χ4v) is 3.97. The monoisotopic (exact) mass is 264 g/mol. The average Bonchev–Trinajstić information content (AvgIpc) is 2.91. The van der Waals surface area contributed by atoms with Gasteiger partial charge < -0.3 is 4.90 Å². The van der Waals surface area contributed by atoms with Crippen LogP contribution in [0, 0.1) is 11.8 Å². The zero-order valence-corrected chi connectivity index (χ0v) is 12.5. The Kier molecular flexibility index (Phi) is 3.59. The quantitative estimate of drug-likeness (QED) is 0.828. The molecule has 1 amide bonds. The van der Waals surface area contributed by atoms with E-state index in [1.165, 1.54) is 38.5 Å². The van der Waals surface area contributed by atoms with Crippen molar-refractivity contribution in [2.45, 2.75) is 76.9 Å². The second-order valence-corrected chi connectivity index (χ2v) is 6.86. The van der Waals surface area contributed by atoms with Crippen LogP contribution >= 0.6 is 0 Å². The first-order valence-corrected chi connectivity index (χ1v) is 8.29. The number of carbonyl (C=O) groups is 1. The summed E-state index contributed by atoms with van der Waals surface area (Å²) in [6.45, 7) is 5.47. The lowest BCUT2D eigenvalue weighted by Gasteiger charge is -2.31. The Labute approximate surface area is 117 Å². The lowest BCUT2D eigenvalue weighted by atomic mass is 10.00. The summed E-state index contributed by atoms with van der Waals surface area (Å²) >= 11 is 0. The number of nitrogens with zero attached hydrogens (tertiary/aromatic N) is 1. The van der Waals surface area contributed by atoms with Crippen LogP contribution in [0.25, 0.3) is 0 Å². The molecule has 108 valence electrons. The molecule has 19 heavy (non-hydrogen) atoms. The largest absolute Gasteiger partial charge is 0.325 e.